The second-order valence-electron chi connectivity index (χ2n) is 3.82. The lowest BCUT2D eigenvalue weighted by molar-refractivity contribution is 0.309. The highest BCUT2D eigenvalue weighted by atomic mass is 32.1. The molecule has 18 heavy (non-hydrogen) atoms. The van der Waals surface area contributed by atoms with Gasteiger partial charge in [-0.2, -0.15) is 5.10 Å². The molecule has 2 aromatic heterocycles. The van der Waals surface area contributed by atoms with Gasteiger partial charge in [0, 0.05) is 4.88 Å². The topological polar surface area (TPSA) is 27.1 Å². The van der Waals surface area contributed by atoms with E-state index in [-0.39, 0.29) is 0 Å². The third-order valence-corrected chi connectivity index (χ3v) is 3.39. The number of rotatable bonds is 4. The van der Waals surface area contributed by atoms with Crippen LogP contribution in [0.2, 0.25) is 0 Å². The van der Waals surface area contributed by atoms with E-state index in [0.717, 1.165) is 11.4 Å². The predicted molar refractivity (Wildman–Crippen MR) is 72.2 cm³/mol. The lowest BCUT2D eigenvalue weighted by Gasteiger charge is -2.01. The summed E-state index contributed by atoms with van der Waals surface area (Å²) in [5.74, 6) is 0.784. The predicted octanol–water partition coefficient (Wildman–Crippen LogP) is 3.51. The first-order valence-electron chi connectivity index (χ1n) is 5.67. The minimum absolute atomic E-state index is 0.595. The Morgan fingerprint density at radius 2 is 2.00 bits per heavy atom. The van der Waals surface area contributed by atoms with Gasteiger partial charge in [-0.3, -0.25) is 0 Å². The summed E-state index contributed by atoms with van der Waals surface area (Å²) in [4.78, 5) is 1.21. The molecule has 0 spiro atoms. The molecule has 0 bridgehead atoms. The lowest BCUT2D eigenvalue weighted by Crippen LogP contribution is -1.93. The maximum absolute atomic E-state index is 5.68. The van der Waals surface area contributed by atoms with E-state index < -0.39 is 0 Å². The van der Waals surface area contributed by atoms with Gasteiger partial charge in [-0.25, -0.2) is 4.68 Å². The quantitative estimate of drug-likeness (QED) is 0.714. The highest BCUT2D eigenvalue weighted by molar-refractivity contribution is 7.09. The number of hydrogen-bond donors (Lipinski definition) is 0. The summed E-state index contributed by atoms with van der Waals surface area (Å²) in [6.07, 6.45) is 3.63. The van der Waals surface area contributed by atoms with Crippen LogP contribution in [0.3, 0.4) is 0 Å². The van der Waals surface area contributed by atoms with Gasteiger partial charge in [-0.05, 0) is 23.6 Å². The summed E-state index contributed by atoms with van der Waals surface area (Å²) < 4.78 is 7.49. The molecule has 0 saturated heterocycles. The smallest absolute Gasteiger partial charge is 0.158 e. The van der Waals surface area contributed by atoms with Crippen LogP contribution in [0.15, 0.2) is 60.2 Å². The van der Waals surface area contributed by atoms with E-state index in [1.165, 1.54) is 4.88 Å². The summed E-state index contributed by atoms with van der Waals surface area (Å²) in [6, 6.07) is 14.1. The SMILES string of the molecule is c1ccc(-n2cc(OCc3cccs3)cn2)cc1. The molecular formula is C14H12N2OS. The Balaban J connectivity index is 1.70. The third-order valence-electron chi connectivity index (χ3n) is 2.54. The largest absolute Gasteiger partial charge is 0.485 e. The van der Waals surface area contributed by atoms with Crippen LogP contribution in [-0.4, -0.2) is 9.78 Å². The summed E-state index contributed by atoms with van der Waals surface area (Å²) in [5.41, 5.74) is 1.03. The number of nitrogens with zero attached hydrogens (tertiary/aromatic N) is 2. The number of hydrogen-bond acceptors (Lipinski definition) is 3. The van der Waals surface area contributed by atoms with Gasteiger partial charge in [0.15, 0.2) is 5.75 Å². The Hall–Kier alpha value is -2.07. The van der Waals surface area contributed by atoms with Gasteiger partial charge in [0.05, 0.1) is 18.1 Å². The zero-order chi connectivity index (χ0) is 12.2. The fraction of sp³-hybridized carbons (Fsp3) is 0.0714. The number of thiophene rings is 1. The fourth-order valence-corrected chi connectivity index (χ4v) is 2.27. The summed E-state index contributed by atoms with van der Waals surface area (Å²) in [5, 5.41) is 6.33. The molecule has 0 fully saturated rings. The first-order valence-corrected chi connectivity index (χ1v) is 6.55. The van der Waals surface area contributed by atoms with E-state index in [1.54, 1.807) is 17.5 Å². The molecule has 4 heteroatoms. The van der Waals surface area contributed by atoms with Crippen molar-refractivity contribution in [1.82, 2.24) is 9.78 Å². The average molecular weight is 256 g/mol. The average Bonchev–Trinajstić information content (AvgIpc) is 3.09. The molecule has 3 aromatic rings. The molecule has 0 N–H and O–H groups in total. The van der Waals surface area contributed by atoms with E-state index >= 15 is 0 Å². The normalized spacial score (nSPS) is 10.4. The molecule has 90 valence electrons. The Bertz CT molecular complexity index is 602. The highest BCUT2D eigenvalue weighted by Crippen LogP contribution is 2.16. The van der Waals surface area contributed by atoms with E-state index in [4.69, 9.17) is 4.74 Å². The second kappa shape index (κ2) is 5.06. The molecule has 0 atom stereocenters. The van der Waals surface area contributed by atoms with Crippen LogP contribution in [0.5, 0.6) is 5.75 Å². The summed E-state index contributed by atoms with van der Waals surface area (Å²) >= 11 is 1.69. The maximum atomic E-state index is 5.68. The van der Waals surface area contributed by atoms with E-state index in [1.807, 2.05) is 52.7 Å². The molecule has 0 radical (unpaired) electrons. The van der Waals surface area contributed by atoms with Gasteiger partial charge in [0.2, 0.25) is 0 Å². The Morgan fingerprint density at radius 3 is 2.78 bits per heavy atom. The molecular weight excluding hydrogens is 244 g/mol. The molecule has 0 saturated carbocycles. The van der Waals surface area contributed by atoms with Crippen molar-refractivity contribution in [3.8, 4) is 11.4 Å². The minimum Gasteiger partial charge on any atom is -0.485 e. The van der Waals surface area contributed by atoms with Crippen LogP contribution >= 0.6 is 11.3 Å². The van der Waals surface area contributed by atoms with E-state index in [2.05, 4.69) is 11.2 Å². The third kappa shape index (κ3) is 2.43. The molecule has 3 rings (SSSR count). The molecule has 0 amide bonds. The zero-order valence-electron chi connectivity index (χ0n) is 9.69. The first kappa shape index (κ1) is 11.0. The van der Waals surface area contributed by atoms with Crippen molar-refractivity contribution in [2.24, 2.45) is 0 Å². The van der Waals surface area contributed by atoms with Gasteiger partial charge in [-0.1, -0.05) is 24.3 Å². The molecule has 2 heterocycles. The second-order valence-corrected chi connectivity index (χ2v) is 4.86. The number of aromatic nitrogens is 2. The van der Waals surface area contributed by atoms with Gasteiger partial charge >= 0.3 is 0 Å². The molecule has 0 unspecified atom stereocenters. The minimum atomic E-state index is 0.595. The summed E-state index contributed by atoms with van der Waals surface area (Å²) in [6.45, 7) is 0.595. The number of benzene rings is 1. The van der Waals surface area contributed by atoms with Gasteiger partial charge in [0.25, 0.3) is 0 Å². The molecule has 0 aliphatic heterocycles. The Morgan fingerprint density at radius 1 is 1.11 bits per heavy atom. The lowest BCUT2D eigenvalue weighted by atomic mass is 10.3. The van der Waals surface area contributed by atoms with Crippen molar-refractivity contribution < 1.29 is 4.74 Å². The van der Waals surface area contributed by atoms with Crippen molar-refractivity contribution in [2.45, 2.75) is 6.61 Å². The molecule has 1 aromatic carbocycles. The maximum Gasteiger partial charge on any atom is 0.158 e. The van der Waals surface area contributed by atoms with Crippen molar-refractivity contribution in [2.75, 3.05) is 0 Å². The standard InChI is InChI=1S/C14H12N2OS/c1-2-5-12(6-3-1)16-10-13(9-15-16)17-11-14-7-4-8-18-14/h1-10H,11H2. The van der Waals surface area contributed by atoms with Crippen LogP contribution in [0.1, 0.15) is 4.88 Å². The monoisotopic (exact) mass is 256 g/mol. The van der Waals surface area contributed by atoms with Crippen LogP contribution in [-0.2, 0) is 6.61 Å². The van der Waals surface area contributed by atoms with Crippen molar-refractivity contribution in [1.29, 1.82) is 0 Å². The first-order chi connectivity index (χ1) is 8.92. The van der Waals surface area contributed by atoms with Crippen molar-refractivity contribution in [3.05, 3.63) is 65.1 Å². The van der Waals surface area contributed by atoms with Crippen LogP contribution < -0.4 is 4.74 Å². The van der Waals surface area contributed by atoms with Crippen LogP contribution in [0.4, 0.5) is 0 Å². The molecule has 0 aliphatic carbocycles. The fourth-order valence-electron chi connectivity index (χ4n) is 1.65. The summed E-state index contributed by atoms with van der Waals surface area (Å²) in [7, 11) is 0. The molecule has 0 aliphatic rings. The van der Waals surface area contributed by atoms with Gasteiger partial charge in [0.1, 0.15) is 6.61 Å². The number of ether oxygens (including phenoxy) is 1. The van der Waals surface area contributed by atoms with Crippen LogP contribution in [0.25, 0.3) is 5.69 Å². The van der Waals surface area contributed by atoms with E-state index in [9.17, 15) is 0 Å². The van der Waals surface area contributed by atoms with E-state index in [0.29, 0.717) is 6.61 Å². The number of para-hydroxylation sites is 1. The zero-order valence-corrected chi connectivity index (χ0v) is 10.5. The highest BCUT2D eigenvalue weighted by Gasteiger charge is 2.02. The van der Waals surface area contributed by atoms with Crippen molar-refractivity contribution in [3.63, 3.8) is 0 Å². The van der Waals surface area contributed by atoms with Crippen molar-refractivity contribution >= 4 is 11.3 Å². The Labute approximate surface area is 109 Å². The Kier molecular flexibility index (Phi) is 3.10. The van der Waals surface area contributed by atoms with Gasteiger partial charge < -0.3 is 4.74 Å². The van der Waals surface area contributed by atoms with Gasteiger partial charge in [-0.15, -0.1) is 11.3 Å². The molecule has 3 nitrogen and oxygen atoms in total. The van der Waals surface area contributed by atoms with Crippen LogP contribution in [0, 0.1) is 0 Å².